The standard InChI is InChI=1S/C23H23N3OS/c1-15(2)11-16-7-9-17(10-8-16)21-14-26-22(25-21)20(13-24-23(26)28)18-5-4-6-19(12-18)27-3/h4-10,12-15,25H,11H2,1-3H3. The molecule has 0 aliphatic rings. The number of nitrogens with one attached hydrogen (secondary N) is 1. The zero-order valence-corrected chi connectivity index (χ0v) is 17.1. The minimum Gasteiger partial charge on any atom is -0.497 e. The second-order valence-electron chi connectivity index (χ2n) is 7.37. The van der Waals surface area contributed by atoms with Gasteiger partial charge < -0.3 is 9.72 Å². The van der Waals surface area contributed by atoms with Gasteiger partial charge in [0.2, 0.25) is 4.77 Å². The average molecular weight is 390 g/mol. The molecule has 2 aromatic carbocycles. The number of aromatic amines is 1. The van der Waals surface area contributed by atoms with Crippen LogP contribution < -0.4 is 4.74 Å². The first kappa shape index (κ1) is 18.4. The van der Waals surface area contributed by atoms with Gasteiger partial charge in [-0.05, 0) is 53.4 Å². The van der Waals surface area contributed by atoms with Gasteiger partial charge in [-0.2, -0.15) is 0 Å². The van der Waals surface area contributed by atoms with E-state index >= 15 is 0 Å². The van der Waals surface area contributed by atoms with Crippen LogP contribution in [0.2, 0.25) is 0 Å². The van der Waals surface area contributed by atoms with Crippen molar-refractivity contribution in [2.24, 2.45) is 5.92 Å². The van der Waals surface area contributed by atoms with Crippen molar-refractivity contribution in [1.29, 1.82) is 0 Å². The molecule has 28 heavy (non-hydrogen) atoms. The number of hydrogen-bond acceptors (Lipinski definition) is 3. The molecule has 0 saturated heterocycles. The number of benzene rings is 2. The van der Waals surface area contributed by atoms with E-state index in [1.165, 1.54) is 5.56 Å². The third-order valence-electron chi connectivity index (χ3n) is 4.81. The molecule has 0 radical (unpaired) electrons. The summed E-state index contributed by atoms with van der Waals surface area (Å²) in [5, 5.41) is 0. The van der Waals surface area contributed by atoms with Crippen molar-refractivity contribution in [3.8, 4) is 28.1 Å². The Bertz CT molecular complexity index is 1170. The Morgan fingerprint density at radius 1 is 1.11 bits per heavy atom. The summed E-state index contributed by atoms with van der Waals surface area (Å²) in [5.41, 5.74) is 6.43. The van der Waals surface area contributed by atoms with E-state index in [-0.39, 0.29) is 0 Å². The Hall–Kier alpha value is -2.92. The lowest BCUT2D eigenvalue weighted by Gasteiger charge is -2.06. The molecular formula is C23H23N3OS. The van der Waals surface area contributed by atoms with Gasteiger partial charge >= 0.3 is 0 Å². The van der Waals surface area contributed by atoms with Gasteiger partial charge in [0.15, 0.2) is 0 Å². The molecule has 0 aliphatic carbocycles. The number of imidazole rings is 1. The maximum absolute atomic E-state index is 5.45. The van der Waals surface area contributed by atoms with Crippen LogP contribution in [0.3, 0.4) is 0 Å². The number of aromatic nitrogens is 3. The van der Waals surface area contributed by atoms with Crippen LogP contribution in [0.25, 0.3) is 28.0 Å². The lowest BCUT2D eigenvalue weighted by molar-refractivity contribution is 0.415. The highest BCUT2D eigenvalue weighted by Crippen LogP contribution is 2.29. The second kappa shape index (κ2) is 7.60. The minimum atomic E-state index is 0.528. The van der Waals surface area contributed by atoms with Gasteiger partial charge in [0.25, 0.3) is 0 Å². The topological polar surface area (TPSA) is 42.3 Å². The molecule has 0 atom stereocenters. The second-order valence-corrected chi connectivity index (χ2v) is 7.73. The van der Waals surface area contributed by atoms with Crippen LogP contribution in [0.5, 0.6) is 5.75 Å². The highest BCUT2D eigenvalue weighted by atomic mass is 32.1. The molecule has 0 aliphatic heterocycles. The van der Waals surface area contributed by atoms with Crippen LogP contribution in [0.1, 0.15) is 19.4 Å². The number of rotatable bonds is 5. The van der Waals surface area contributed by atoms with Crippen LogP contribution in [0.15, 0.2) is 60.9 Å². The number of nitrogens with zero attached hydrogens (tertiary/aromatic N) is 2. The fourth-order valence-electron chi connectivity index (χ4n) is 3.45. The Morgan fingerprint density at radius 3 is 2.61 bits per heavy atom. The molecule has 2 heterocycles. The summed E-state index contributed by atoms with van der Waals surface area (Å²) in [6.07, 6.45) is 4.92. The van der Waals surface area contributed by atoms with E-state index in [4.69, 9.17) is 17.0 Å². The van der Waals surface area contributed by atoms with Crippen molar-refractivity contribution in [2.75, 3.05) is 7.11 Å². The summed E-state index contributed by atoms with van der Waals surface area (Å²) in [5.74, 6) is 1.46. The Morgan fingerprint density at radius 2 is 1.89 bits per heavy atom. The Kier molecular flexibility index (Phi) is 5.01. The molecule has 0 bridgehead atoms. The predicted molar refractivity (Wildman–Crippen MR) is 116 cm³/mol. The lowest BCUT2D eigenvalue weighted by atomic mass is 10.0. The normalized spacial score (nSPS) is 11.3. The van der Waals surface area contributed by atoms with E-state index in [0.29, 0.717) is 10.7 Å². The number of fused-ring (bicyclic) bond motifs is 1. The average Bonchev–Trinajstić information content (AvgIpc) is 3.15. The number of ether oxygens (including phenoxy) is 1. The van der Waals surface area contributed by atoms with E-state index < -0.39 is 0 Å². The van der Waals surface area contributed by atoms with Gasteiger partial charge in [-0.25, -0.2) is 4.98 Å². The zero-order valence-electron chi connectivity index (χ0n) is 16.3. The van der Waals surface area contributed by atoms with Gasteiger partial charge in [-0.15, -0.1) is 0 Å². The Balaban J connectivity index is 1.80. The maximum atomic E-state index is 5.45. The molecule has 4 aromatic rings. The van der Waals surface area contributed by atoms with E-state index in [9.17, 15) is 0 Å². The van der Waals surface area contributed by atoms with Crippen molar-refractivity contribution < 1.29 is 4.74 Å². The monoisotopic (exact) mass is 389 g/mol. The molecule has 0 saturated carbocycles. The smallest absolute Gasteiger partial charge is 0.205 e. The lowest BCUT2D eigenvalue weighted by Crippen LogP contribution is -1.93. The summed E-state index contributed by atoms with van der Waals surface area (Å²) in [6.45, 7) is 4.47. The molecule has 0 fully saturated rings. The molecule has 0 amide bonds. The zero-order chi connectivity index (χ0) is 19.7. The summed E-state index contributed by atoms with van der Waals surface area (Å²) in [7, 11) is 1.67. The molecular weight excluding hydrogens is 366 g/mol. The maximum Gasteiger partial charge on any atom is 0.205 e. The number of methoxy groups -OCH3 is 1. The molecule has 4 rings (SSSR count). The molecule has 4 nitrogen and oxygen atoms in total. The first-order chi connectivity index (χ1) is 13.5. The molecule has 5 heteroatoms. The van der Waals surface area contributed by atoms with E-state index in [0.717, 1.165) is 40.2 Å². The molecule has 2 aromatic heterocycles. The first-order valence-corrected chi connectivity index (χ1v) is 9.80. The largest absolute Gasteiger partial charge is 0.497 e. The van der Waals surface area contributed by atoms with Crippen LogP contribution >= 0.6 is 12.2 Å². The fraction of sp³-hybridized carbons (Fsp3) is 0.217. The van der Waals surface area contributed by atoms with Crippen molar-refractivity contribution in [1.82, 2.24) is 14.4 Å². The molecule has 0 unspecified atom stereocenters. The van der Waals surface area contributed by atoms with Crippen molar-refractivity contribution in [3.63, 3.8) is 0 Å². The quantitative estimate of drug-likeness (QED) is 0.430. The van der Waals surface area contributed by atoms with Crippen molar-refractivity contribution in [2.45, 2.75) is 20.3 Å². The van der Waals surface area contributed by atoms with Crippen molar-refractivity contribution >= 4 is 17.9 Å². The van der Waals surface area contributed by atoms with Crippen LogP contribution in [0, 0.1) is 10.7 Å². The summed E-state index contributed by atoms with van der Waals surface area (Å²) in [4.78, 5) is 7.94. The van der Waals surface area contributed by atoms with Crippen molar-refractivity contribution in [3.05, 3.63) is 71.3 Å². The third kappa shape index (κ3) is 3.58. The Labute approximate surface area is 169 Å². The molecule has 0 spiro atoms. The van der Waals surface area contributed by atoms with Crippen LogP contribution in [-0.4, -0.2) is 21.5 Å². The summed E-state index contributed by atoms with van der Waals surface area (Å²) in [6, 6.07) is 16.7. The molecule has 1 N–H and O–H groups in total. The van der Waals surface area contributed by atoms with Gasteiger partial charge in [-0.1, -0.05) is 50.2 Å². The number of H-pyrrole nitrogens is 1. The first-order valence-electron chi connectivity index (χ1n) is 9.39. The van der Waals surface area contributed by atoms with Gasteiger partial charge in [0.05, 0.1) is 12.8 Å². The van der Waals surface area contributed by atoms with E-state index in [2.05, 4.69) is 48.1 Å². The summed E-state index contributed by atoms with van der Waals surface area (Å²) < 4.78 is 7.83. The van der Waals surface area contributed by atoms with Gasteiger partial charge in [-0.3, -0.25) is 4.40 Å². The minimum absolute atomic E-state index is 0.528. The highest BCUT2D eigenvalue weighted by Gasteiger charge is 2.11. The van der Waals surface area contributed by atoms with Gasteiger partial charge in [0.1, 0.15) is 11.4 Å². The van der Waals surface area contributed by atoms with Gasteiger partial charge in [0, 0.05) is 18.0 Å². The SMILES string of the molecule is COc1cccc(-c2cnc(=S)n3cc(-c4ccc(CC(C)C)cc4)[nH]c23)c1. The predicted octanol–water partition coefficient (Wildman–Crippen LogP) is 5.93. The highest BCUT2D eigenvalue weighted by molar-refractivity contribution is 7.71. The number of hydrogen-bond donors (Lipinski definition) is 1. The fourth-order valence-corrected chi connectivity index (χ4v) is 3.64. The molecule has 142 valence electrons. The van der Waals surface area contributed by atoms with Crippen LogP contribution in [0.4, 0.5) is 0 Å². The third-order valence-corrected chi connectivity index (χ3v) is 5.11. The van der Waals surface area contributed by atoms with E-state index in [1.54, 1.807) is 7.11 Å². The van der Waals surface area contributed by atoms with Crippen LogP contribution in [-0.2, 0) is 6.42 Å². The van der Waals surface area contributed by atoms with E-state index in [1.807, 2.05) is 41.1 Å². The summed E-state index contributed by atoms with van der Waals surface area (Å²) >= 11 is 5.45.